The summed E-state index contributed by atoms with van der Waals surface area (Å²) in [5, 5.41) is 12.4. The third-order valence-corrected chi connectivity index (χ3v) is 6.03. The van der Waals surface area contributed by atoms with Gasteiger partial charge in [0.25, 0.3) is 5.56 Å². The standard InChI is InChI=1S/C19H13ClN2O2S2/c1-10-5-6-15(26-10)13-9-25-19-16(13)18(24)21-17(22-19)14(20)8-11-3-2-4-12(23)7-11/h2-9,23H,1H3,(H,21,22,24)/b14-8-. The van der Waals surface area contributed by atoms with Crippen LogP contribution in [0.1, 0.15) is 16.3 Å². The average molecular weight is 401 g/mol. The first kappa shape index (κ1) is 17.0. The number of nitrogens with zero attached hydrogens (tertiary/aromatic N) is 1. The summed E-state index contributed by atoms with van der Waals surface area (Å²) in [6.45, 7) is 2.04. The second kappa shape index (κ2) is 6.72. The van der Waals surface area contributed by atoms with Crippen molar-refractivity contribution in [1.82, 2.24) is 9.97 Å². The second-order valence-electron chi connectivity index (χ2n) is 5.74. The van der Waals surface area contributed by atoms with E-state index in [0.717, 1.165) is 16.0 Å². The first-order chi connectivity index (χ1) is 12.5. The number of aromatic amines is 1. The molecule has 4 rings (SSSR count). The Morgan fingerprint density at radius 3 is 2.88 bits per heavy atom. The van der Waals surface area contributed by atoms with Crippen LogP contribution in [0.4, 0.5) is 0 Å². The van der Waals surface area contributed by atoms with Crippen molar-refractivity contribution in [2.45, 2.75) is 6.92 Å². The summed E-state index contributed by atoms with van der Waals surface area (Å²) in [6, 6.07) is 10.7. The maximum atomic E-state index is 12.7. The van der Waals surface area contributed by atoms with Crippen LogP contribution >= 0.6 is 34.3 Å². The van der Waals surface area contributed by atoms with E-state index >= 15 is 0 Å². The number of benzene rings is 1. The van der Waals surface area contributed by atoms with Crippen molar-refractivity contribution in [3.63, 3.8) is 0 Å². The fourth-order valence-electron chi connectivity index (χ4n) is 2.65. The van der Waals surface area contributed by atoms with Crippen molar-refractivity contribution < 1.29 is 5.11 Å². The highest BCUT2D eigenvalue weighted by Gasteiger charge is 2.15. The van der Waals surface area contributed by atoms with Crippen LogP contribution in [0.5, 0.6) is 5.75 Å². The molecule has 0 atom stereocenters. The van der Waals surface area contributed by atoms with Crippen molar-refractivity contribution in [2.24, 2.45) is 0 Å². The van der Waals surface area contributed by atoms with Crippen LogP contribution in [0.15, 0.2) is 46.6 Å². The van der Waals surface area contributed by atoms with Crippen LogP contribution in [-0.2, 0) is 0 Å². The number of rotatable bonds is 3. The maximum Gasteiger partial charge on any atom is 0.260 e. The summed E-state index contributed by atoms with van der Waals surface area (Å²) in [5.41, 5.74) is 1.41. The highest BCUT2D eigenvalue weighted by atomic mass is 35.5. The first-order valence-electron chi connectivity index (χ1n) is 7.76. The van der Waals surface area contributed by atoms with Gasteiger partial charge in [0, 0.05) is 20.7 Å². The van der Waals surface area contributed by atoms with E-state index < -0.39 is 0 Å². The number of hydrogen-bond acceptors (Lipinski definition) is 5. The molecular weight excluding hydrogens is 388 g/mol. The van der Waals surface area contributed by atoms with Gasteiger partial charge in [-0.1, -0.05) is 23.7 Å². The van der Waals surface area contributed by atoms with E-state index in [1.165, 1.54) is 16.2 Å². The molecule has 0 spiro atoms. The average Bonchev–Trinajstić information content (AvgIpc) is 3.21. The molecule has 0 aliphatic rings. The molecule has 130 valence electrons. The molecule has 4 nitrogen and oxygen atoms in total. The molecule has 0 saturated carbocycles. The number of aromatic hydroxyl groups is 1. The summed E-state index contributed by atoms with van der Waals surface area (Å²) in [4.78, 5) is 22.8. The molecule has 7 heteroatoms. The van der Waals surface area contributed by atoms with E-state index in [2.05, 4.69) is 9.97 Å². The van der Waals surface area contributed by atoms with E-state index in [4.69, 9.17) is 11.6 Å². The molecule has 4 aromatic rings. The second-order valence-corrected chi connectivity index (χ2v) is 8.29. The Labute approximate surface area is 162 Å². The Morgan fingerprint density at radius 2 is 2.15 bits per heavy atom. The number of phenolic OH excluding ortho intramolecular Hbond substituents is 1. The highest BCUT2D eigenvalue weighted by molar-refractivity contribution is 7.19. The Morgan fingerprint density at radius 1 is 1.31 bits per heavy atom. The van der Waals surface area contributed by atoms with Crippen LogP contribution < -0.4 is 5.56 Å². The Bertz CT molecular complexity index is 1200. The molecule has 0 amide bonds. The van der Waals surface area contributed by atoms with Crippen LogP contribution in [0, 0.1) is 6.92 Å². The topological polar surface area (TPSA) is 66.0 Å². The van der Waals surface area contributed by atoms with Gasteiger partial charge in [0.05, 0.1) is 10.4 Å². The van der Waals surface area contributed by atoms with Gasteiger partial charge in [-0.3, -0.25) is 4.79 Å². The minimum absolute atomic E-state index is 0.147. The van der Waals surface area contributed by atoms with Crippen molar-refractivity contribution in [1.29, 1.82) is 0 Å². The van der Waals surface area contributed by atoms with Crippen LogP contribution in [0.3, 0.4) is 0 Å². The normalized spacial score (nSPS) is 12.0. The van der Waals surface area contributed by atoms with E-state index in [-0.39, 0.29) is 11.3 Å². The molecule has 3 aromatic heterocycles. The number of aryl methyl sites for hydroxylation is 1. The quantitative estimate of drug-likeness (QED) is 0.479. The third-order valence-electron chi connectivity index (χ3n) is 3.84. The molecule has 1 aromatic carbocycles. The van der Waals surface area contributed by atoms with Gasteiger partial charge in [-0.05, 0) is 42.8 Å². The summed E-state index contributed by atoms with van der Waals surface area (Å²) in [7, 11) is 0. The number of phenols is 1. The van der Waals surface area contributed by atoms with Crippen molar-refractivity contribution in [3.8, 4) is 16.2 Å². The summed E-state index contributed by atoms with van der Waals surface area (Å²) < 4.78 is 0. The number of aromatic nitrogens is 2. The predicted molar refractivity (Wildman–Crippen MR) is 110 cm³/mol. The van der Waals surface area contributed by atoms with Gasteiger partial charge in [-0.25, -0.2) is 4.98 Å². The number of thiophene rings is 2. The van der Waals surface area contributed by atoms with Gasteiger partial charge in [0.1, 0.15) is 10.6 Å². The van der Waals surface area contributed by atoms with E-state index in [1.54, 1.807) is 41.7 Å². The summed E-state index contributed by atoms with van der Waals surface area (Å²) >= 11 is 9.42. The van der Waals surface area contributed by atoms with Crippen molar-refractivity contribution >= 4 is 55.6 Å². The Hall–Kier alpha value is -2.41. The van der Waals surface area contributed by atoms with Crippen molar-refractivity contribution in [3.05, 3.63) is 68.4 Å². The molecular formula is C19H13ClN2O2S2. The lowest BCUT2D eigenvalue weighted by atomic mass is 10.2. The SMILES string of the molecule is Cc1ccc(-c2csc3nc(/C(Cl)=C/c4cccc(O)c4)[nH]c(=O)c23)s1. The van der Waals surface area contributed by atoms with E-state index in [9.17, 15) is 9.90 Å². The number of halogens is 1. The Kier molecular flexibility index (Phi) is 4.40. The van der Waals surface area contributed by atoms with E-state index in [1.807, 2.05) is 24.4 Å². The molecule has 0 unspecified atom stereocenters. The minimum atomic E-state index is -0.213. The molecule has 26 heavy (non-hydrogen) atoms. The highest BCUT2D eigenvalue weighted by Crippen LogP contribution is 2.35. The van der Waals surface area contributed by atoms with Crippen LogP contribution in [0.25, 0.3) is 31.8 Å². The van der Waals surface area contributed by atoms with Gasteiger partial charge < -0.3 is 10.1 Å². The zero-order chi connectivity index (χ0) is 18.3. The molecule has 0 radical (unpaired) electrons. The zero-order valence-electron chi connectivity index (χ0n) is 13.6. The fourth-order valence-corrected chi connectivity index (χ4v) is 4.77. The lowest BCUT2D eigenvalue weighted by molar-refractivity contribution is 0.475. The number of nitrogens with one attached hydrogen (secondary N) is 1. The molecule has 0 aliphatic heterocycles. The predicted octanol–water partition coefficient (Wildman–Crippen LogP) is 5.46. The largest absolute Gasteiger partial charge is 0.508 e. The first-order valence-corrected chi connectivity index (χ1v) is 9.83. The molecule has 0 bridgehead atoms. The summed E-state index contributed by atoms with van der Waals surface area (Å²) in [5.74, 6) is 0.456. The fraction of sp³-hybridized carbons (Fsp3) is 0.0526. The Balaban J connectivity index is 1.80. The van der Waals surface area contributed by atoms with Gasteiger partial charge in [0.2, 0.25) is 0 Å². The van der Waals surface area contributed by atoms with Gasteiger partial charge >= 0.3 is 0 Å². The zero-order valence-corrected chi connectivity index (χ0v) is 16.0. The number of H-pyrrole nitrogens is 1. The lowest BCUT2D eigenvalue weighted by Gasteiger charge is -2.01. The minimum Gasteiger partial charge on any atom is -0.508 e. The van der Waals surface area contributed by atoms with Gasteiger partial charge in [-0.2, -0.15) is 0 Å². The van der Waals surface area contributed by atoms with Gasteiger partial charge in [-0.15, -0.1) is 22.7 Å². The lowest BCUT2D eigenvalue weighted by Crippen LogP contribution is -2.10. The maximum absolute atomic E-state index is 12.7. The summed E-state index contributed by atoms with van der Waals surface area (Å²) in [6.07, 6.45) is 1.66. The van der Waals surface area contributed by atoms with E-state index in [0.29, 0.717) is 21.1 Å². The third kappa shape index (κ3) is 3.19. The van der Waals surface area contributed by atoms with Crippen molar-refractivity contribution in [2.75, 3.05) is 0 Å². The molecule has 2 N–H and O–H groups in total. The van der Waals surface area contributed by atoms with Crippen LogP contribution in [-0.4, -0.2) is 15.1 Å². The smallest absolute Gasteiger partial charge is 0.260 e. The van der Waals surface area contributed by atoms with Gasteiger partial charge in [0.15, 0.2) is 5.82 Å². The molecule has 3 heterocycles. The van der Waals surface area contributed by atoms with Crippen LogP contribution in [0.2, 0.25) is 0 Å². The number of hydrogen-bond donors (Lipinski definition) is 2. The molecule has 0 saturated heterocycles. The monoisotopic (exact) mass is 400 g/mol. The molecule has 0 fully saturated rings. The molecule has 0 aliphatic carbocycles. The number of fused-ring (bicyclic) bond motifs is 1.